The van der Waals surface area contributed by atoms with Gasteiger partial charge >= 0.3 is 0 Å². The fraction of sp³-hybridized carbons (Fsp3) is 0. The second-order valence-electron chi connectivity index (χ2n) is 9.81. The lowest BCUT2D eigenvalue weighted by Crippen LogP contribution is -1.93. The van der Waals surface area contributed by atoms with E-state index in [1.54, 1.807) is 11.3 Å². The fourth-order valence-electron chi connectivity index (χ4n) is 5.65. The molecule has 0 bridgehead atoms. The van der Waals surface area contributed by atoms with E-state index >= 15 is 0 Å². The van der Waals surface area contributed by atoms with Gasteiger partial charge in [0.05, 0.1) is 5.69 Å². The van der Waals surface area contributed by atoms with Crippen LogP contribution in [0.25, 0.3) is 75.6 Å². The second-order valence-corrected chi connectivity index (χ2v) is 10.8. The molecule has 0 radical (unpaired) electrons. The zero-order valence-electron chi connectivity index (χ0n) is 21.0. The number of fused-ring (bicyclic) bond motifs is 6. The molecule has 2 nitrogen and oxygen atoms in total. The maximum atomic E-state index is 5.15. The molecule has 0 saturated heterocycles. The molecule has 0 unspecified atom stereocenters. The maximum absolute atomic E-state index is 5.15. The van der Waals surface area contributed by atoms with Crippen LogP contribution < -0.4 is 0 Å². The number of hydrogen-bond acceptors (Lipinski definition) is 3. The molecule has 0 saturated carbocycles. The lowest BCUT2D eigenvalue weighted by atomic mass is 9.93. The first-order chi connectivity index (χ1) is 19.3. The van der Waals surface area contributed by atoms with Crippen LogP contribution in [0.15, 0.2) is 133 Å². The normalized spacial score (nSPS) is 11.6. The van der Waals surface area contributed by atoms with Crippen molar-refractivity contribution >= 4 is 53.2 Å². The molecule has 0 aliphatic heterocycles. The van der Waals surface area contributed by atoms with Crippen molar-refractivity contribution in [1.82, 2.24) is 9.97 Å². The van der Waals surface area contributed by atoms with Crippen molar-refractivity contribution in [3.05, 3.63) is 133 Å². The van der Waals surface area contributed by atoms with Gasteiger partial charge in [-0.3, -0.25) is 0 Å². The van der Waals surface area contributed by atoms with E-state index in [9.17, 15) is 0 Å². The molecule has 8 rings (SSSR count). The summed E-state index contributed by atoms with van der Waals surface area (Å²) in [4.78, 5) is 11.2. The molecule has 0 aliphatic rings. The third-order valence-electron chi connectivity index (χ3n) is 7.51. The zero-order chi connectivity index (χ0) is 25.8. The minimum Gasteiger partial charge on any atom is -0.227 e. The van der Waals surface area contributed by atoms with Crippen molar-refractivity contribution in [3.8, 4) is 33.8 Å². The Labute approximate surface area is 229 Å². The monoisotopic (exact) mass is 514 g/mol. The van der Waals surface area contributed by atoms with Gasteiger partial charge in [0.1, 0.15) is 4.83 Å². The highest BCUT2D eigenvalue weighted by Crippen LogP contribution is 2.40. The highest BCUT2D eigenvalue weighted by Gasteiger charge is 2.17. The molecule has 2 aromatic heterocycles. The van der Waals surface area contributed by atoms with Crippen molar-refractivity contribution in [3.63, 3.8) is 0 Å². The largest absolute Gasteiger partial charge is 0.227 e. The molecule has 8 aromatic rings. The van der Waals surface area contributed by atoms with Crippen LogP contribution in [-0.2, 0) is 0 Å². The SMILES string of the molecule is c1ccc(-c2nc(-c3ccc(-c4cc5ccccc5c5ccccc45)cc3)nc3sc4ccccc4c23)cc1. The molecule has 0 atom stereocenters. The summed E-state index contributed by atoms with van der Waals surface area (Å²) < 4.78 is 1.23. The quantitative estimate of drug-likeness (QED) is 0.219. The molecule has 39 heavy (non-hydrogen) atoms. The van der Waals surface area contributed by atoms with Crippen LogP contribution in [-0.4, -0.2) is 9.97 Å². The van der Waals surface area contributed by atoms with Crippen LogP contribution in [0.4, 0.5) is 0 Å². The van der Waals surface area contributed by atoms with Gasteiger partial charge in [0, 0.05) is 26.6 Å². The smallest absolute Gasteiger partial charge is 0.161 e. The Balaban J connectivity index is 1.30. The molecular weight excluding hydrogens is 492 g/mol. The van der Waals surface area contributed by atoms with Crippen molar-refractivity contribution in [2.24, 2.45) is 0 Å². The number of rotatable bonds is 3. The molecule has 182 valence electrons. The Bertz CT molecular complexity index is 2160. The van der Waals surface area contributed by atoms with Crippen molar-refractivity contribution < 1.29 is 0 Å². The molecule has 2 heterocycles. The summed E-state index contributed by atoms with van der Waals surface area (Å²) in [5.41, 5.74) is 5.53. The molecule has 6 aromatic carbocycles. The number of benzene rings is 6. The van der Waals surface area contributed by atoms with Gasteiger partial charge in [-0.1, -0.05) is 121 Å². The number of nitrogens with zero attached hydrogens (tertiary/aromatic N) is 2. The van der Waals surface area contributed by atoms with Gasteiger partial charge in [-0.15, -0.1) is 11.3 Å². The summed E-state index contributed by atoms with van der Waals surface area (Å²) in [6.07, 6.45) is 0. The minimum atomic E-state index is 0.753. The first-order valence-corrected chi connectivity index (χ1v) is 13.9. The Morgan fingerprint density at radius 3 is 1.92 bits per heavy atom. The van der Waals surface area contributed by atoms with E-state index in [4.69, 9.17) is 9.97 Å². The summed E-state index contributed by atoms with van der Waals surface area (Å²) in [7, 11) is 0. The summed E-state index contributed by atoms with van der Waals surface area (Å²) in [6.45, 7) is 0. The highest BCUT2D eigenvalue weighted by molar-refractivity contribution is 7.25. The predicted octanol–water partition coefficient (Wildman–Crippen LogP) is 10.2. The predicted molar refractivity (Wildman–Crippen MR) is 166 cm³/mol. The highest BCUT2D eigenvalue weighted by atomic mass is 32.1. The Kier molecular flexibility index (Phi) is 5.04. The van der Waals surface area contributed by atoms with Gasteiger partial charge in [-0.25, -0.2) is 9.97 Å². The second kappa shape index (κ2) is 8.87. The molecule has 0 fully saturated rings. The van der Waals surface area contributed by atoms with E-state index in [0.717, 1.165) is 32.9 Å². The number of hydrogen-bond donors (Lipinski definition) is 0. The van der Waals surface area contributed by atoms with Gasteiger partial charge in [0.25, 0.3) is 0 Å². The molecule has 0 N–H and O–H groups in total. The van der Waals surface area contributed by atoms with Gasteiger partial charge in [-0.2, -0.15) is 0 Å². The average molecular weight is 515 g/mol. The van der Waals surface area contributed by atoms with Crippen LogP contribution in [0.1, 0.15) is 0 Å². The summed E-state index contributed by atoms with van der Waals surface area (Å²) in [6, 6.07) is 47.3. The van der Waals surface area contributed by atoms with Crippen LogP contribution in [0.3, 0.4) is 0 Å². The topological polar surface area (TPSA) is 25.8 Å². The maximum Gasteiger partial charge on any atom is 0.161 e. The van der Waals surface area contributed by atoms with E-state index in [1.807, 2.05) is 6.07 Å². The molecule has 3 heteroatoms. The van der Waals surface area contributed by atoms with Crippen LogP contribution >= 0.6 is 11.3 Å². The van der Waals surface area contributed by atoms with Crippen molar-refractivity contribution in [2.75, 3.05) is 0 Å². The molecule has 0 spiro atoms. The lowest BCUT2D eigenvalue weighted by Gasteiger charge is -2.12. The van der Waals surface area contributed by atoms with Crippen LogP contribution in [0.5, 0.6) is 0 Å². The third kappa shape index (κ3) is 3.63. The first-order valence-electron chi connectivity index (χ1n) is 13.1. The van der Waals surface area contributed by atoms with E-state index in [0.29, 0.717) is 0 Å². The summed E-state index contributed by atoms with van der Waals surface area (Å²) in [5, 5.41) is 7.42. The zero-order valence-corrected chi connectivity index (χ0v) is 21.8. The van der Waals surface area contributed by atoms with Crippen molar-refractivity contribution in [2.45, 2.75) is 0 Å². The molecule has 0 amide bonds. The average Bonchev–Trinajstić information content (AvgIpc) is 3.39. The van der Waals surface area contributed by atoms with Crippen LogP contribution in [0.2, 0.25) is 0 Å². The van der Waals surface area contributed by atoms with Crippen LogP contribution in [0, 0.1) is 0 Å². The van der Waals surface area contributed by atoms with Gasteiger partial charge in [0.15, 0.2) is 5.82 Å². The Morgan fingerprint density at radius 2 is 1.10 bits per heavy atom. The van der Waals surface area contributed by atoms with Gasteiger partial charge in [-0.05, 0) is 44.8 Å². The van der Waals surface area contributed by atoms with Gasteiger partial charge in [0.2, 0.25) is 0 Å². The number of thiophene rings is 1. The van der Waals surface area contributed by atoms with Crippen molar-refractivity contribution in [1.29, 1.82) is 0 Å². The third-order valence-corrected chi connectivity index (χ3v) is 8.57. The van der Waals surface area contributed by atoms with E-state index in [2.05, 4.69) is 127 Å². The minimum absolute atomic E-state index is 0.753. The lowest BCUT2D eigenvalue weighted by molar-refractivity contribution is 1.24. The first kappa shape index (κ1) is 22.2. The molecular formula is C36H22N2S. The van der Waals surface area contributed by atoms with E-state index < -0.39 is 0 Å². The Morgan fingerprint density at radius 1 is 0.462 bits per heavy atom. The summed E-state index contributed by atoms with van der Waals surface area (Å²) in [5.74, 6) is 0.753. The van der Waals surface area contributed by atoms with Gasteiger partial charge < -0.3 is 0 Å². The standard InChI is InChI=1S/C36H22N2S/c1-2-10-24(11-3-1)34-33-30-16-8-9-17-32(30)39-36(33)38-35(37-34)25-20-18-23(19-21-25)31-22-26-12-4-5-13-27(26)28-14-6-7-15-29(28)31/h1-22H. The number of aromatic nitrogens is 2. The molecule has 0 aliphatic carbocycles. The Hall–Kier alpha value is -4.86. The van der Waals surface area contributed by atoms with E-state index in [-0.39, 0.29) is 0 Å². The van der Waals surface area contributed by atoms with E-state index in [1.165, 1.54) is 42.8 Å². The fourth-order valence-corrected chi connectivity index (χ4v) is 6.72. The summed E-state index contributed by atoms with van der Waals surface area (Å²) >= 11 is 1.73.